The Bertz CT molecular complexity index is 931. The quantitative estimate of drug-likeness (QED) is 0.665. The molecule has 0 aliphatic rings. The summed E-state index contributed by atoms with van der Waals surface area (Å²) in [6.07, 6.45) is 0.0280. The highest BCUT2D eigenvalue weighted by molar-refractivity contribution is 6.30. The second kappa shape index (κ2) is 6.89. The molecule has 0 fully saturated rings. The predicted octanol–water partition coefficient (Wildman–Crippen LogP) is 5.37. The Morgan fingerprint density at radius 2 is 1.92 bits per heavy atom. The van der Waals surface area contributed by atoms with Gasteiger partial charge in [0.1, 0.15) is 5.82 Å². The van der Waals surface area contributed by atoms with Crippen LogP contribution in [-0.4, -0.2) is 15.6 Å². The van der Waals surface area contributed by atoms with Crippen molar-refractivity contribution in [3.05, 3.63) is 70.1 Å². The molecule has 0 amide bonds. The van der Waals surface area contributed by atoms with Gasteiger partial charge in [-0.15, -0.1) is 0 Å². The van der Waals surface area contributed by atoms with Gasteiger partial charge in [0, 0.05) is 34.1 Å². The standard InChI is InChI=1S/C20H19ClFNO2/c1-12(9-19(24)25)20-13(2)17-10-16(22)7-8-18(17)23(20)11-14-3-5-15(21)6-4-14/h3-8,10,12H,9,11H2,1-2H3,(H,24,25). The van der Waals surface area contributed by atoms with Crippen molar-refractivity contribution in [2.24, 2.45) is 0 Å². The molecule has 0 aliphatic heterocycles. The monoisotopic (exact) mass is 359 g/mol. The summed E-state index contributed by atoms with van der Waals surface area (Å²) in [5.74, 6) is -1.32. The maximum atomic E-state index is 13.7. The highest BCUT2D eigenvalue weighted by Gasteiger charge is 2.21. The van der Waals surface area contributed by atoms with Gasteiger partial charge in [0.2, 0.25) is 0 Å². The molecule has 3 rings (SSSR count). The number of fused-ring (bicyclic) bond motifs is 1. The number of nitrogens with zero attached hydrogens (tertiary/aromatic N) is 1. The third kappa shape index (κ3) is 3.54. The number of benzene rings is 2. The van der Waals surface area contributed by atoms with E-state index >= 15 is 0 Å². The molecule has 0 aliphatic carbocycles. The Morgan fingerprint density at radius 1 is 1.24 bits per heavy atom. The minimum Gasteiger partial charge on any atom is -0.481 e. The summed E-state index contributed by atoms with van der Waals surface area (Å²) in [5, 5.41) is 10.7. The summed E-state index contributed by atoms with van der Waals surface area (Å²) >= 11 is 5.96. The molecule has 1 unspecified atom stereocenters. The molecule has 25 heavy (non-hydrogen) atoms. The minimum atomic E-state index is -0.846. The maximum Gasteiger partial charge on any atom is 0.304 e. The molecule has 2 aromatic carbocycles. The fraction of sp³-hybridized carbons (Fsp3) is 0.250. The van der Waals surface area contributed by atoms with Crippen molar-refractivity contribution in [2.75, 3.05) is 0 Å². The van der Waals surface area contributed by atoms with Crippen LogP contribution in [0.3, 0.4) is 0 Å². The number of aromatic nitrogens is 1. The van der Waals surface area contributed by atoms with Crippen LogP contribution in [0.2, 0.25) is 5.02 Å². The molecular weight excluding hydrogens is 341 g/mol. The average molecular weight is 360 g/mol. The lowest BCUT2D eigenvalue weighted by atomic mass is 9.99. The summed E-state index contributed by atoms with van der Waals surface area (Å²) in [4.78, 5) is 11.2. The van der Waals surface area contributed by atoms with Gasteiger partial charge in [0.25, 0.3) is 0 Å². The van der Waals surface area contributed by atoms with Crippen LogP contribution in [0.5, 0.6) is 0 Å². The molecule has 130 valence electrons. The van der Waals surface area contributed by atoms with E-state index in [-0.39, 0.29) is 18.2 Å². The number of hydrogen-bond acceptors (Lipinski definition) is 1. The number of halogens is 2. The van der Waals surface area contributed by atoms with Crippen molar-refractivity contribution in [3.63, 3.8) is 0 Å². The van der Waals surface area contributed by atoms with Crippen LogP contribution >= 0.6 is 11.6 Å². The fourth-order valence-corrected chi connectivity index (χ4v) is 3.58. The molecule has 0 saturated heterocycles. The lowest BCUT2D eigenvalue weighted by Crippen LogP contribution is -2.11. The van der Waals surface area contributed by atoms with Gasteiger partial charge < -0.3 is 9.67 Å². The molecule has 3 nitrogen and oxygen atoms in total. The normalized spacial score (nSPS) is 12.5. The number of rotatable bonds is 5. The molecule has 0 radical (unpaired) electrons. The zero-order chi connectivity index (χ0) is 18.1. The van der Waals surface area contributed by atoms with Gasteiger partial charge >= 0.3 is 5.97 Å². The Balaban J connectivity index is 2.16. The largest absolute Gasteiger partial charge is 0.481 e. The van der Waals surface area contributed by atoms with Crippen LogP contribution in [0.4, 0.5) is 4.39 Å². The maximum absolute atomic E-state index is 13.7. The average Bonchev–Trinajstić information content (AvgIpc) is 2.81. The Hall–Kier alpha value is -2.33. The lowest BCUT2D eigenvalue weighted by molar-refractivity contribution is -0.137. The van der Waals surface area contributed by atoms with Crippen molar-refractivity contribution in [1.29, 1.82) is 0 Å². The third-order valence-corrected chi connectivity index (χ3v) is 4.78. The van der Waals surface area contributed by atoms with E-state index in [0.29, 0.717) is 11.6 Å². The number of aryl methyl sites for hydroxylation is 1. The number of carbonyl (C=O) groups is 1. The van der Waals surface area contributed by atoms with Crippen LogP contribution in [0.1, 0.15) is 36.1 Å². The Kier molecular flexibility index (Phi) is 4.82. The van der Waals surface area contributed by atoms with Crippen molar-refractivity contribution in [2.45, 2.75) is 32.7 Å². The van der Waals surface area contributed by atoms with E-state index in [0.717, 1.165) is 27.7 Å². The highest BCUT2D eigenvalue weighted by atomic mass is 35.5. The zero-order valence-electron chi connectivity index (χ0n) is 14.1. The molecule has 0 saturated carbocycles. The van der Waals surface area contributed by atoms with Crippen molar-refractivity contribution in [1.82, 2.24) is 4.57 Å². The van der Waals surface area contributed by atoms with Gasteiger partial charge in [0.05, 0.1) is 6.42 Å². The van der Waals surface area contributed by atoms with E-state index in [1.165, 1.54) is 12.1 Å². The second-order valence-corrected chi connectivity index (χ2v) is 6.82. The zero-order valence-corrected chi connectivity index (χ0v) is 14.8. The number of aliphatic carboxylic acids is 1. The van der Waals surface area contributed by atoms with E-state index in [2.05, 4.69) is 4.57 Å². The molecule has 0 spiro atoms. The molecular formula is C20H19ClFNO2. The van der Waals surface area contributed by atoms with Crippen molar-refractivity contribution >= 4 is 28.5 Å². The highest BCUT2D eigenvalue weighted by Crippen LogP contribution is 2.33. The molecule has 3 aromatic rings. The van der Waals surface area contributed by atoms with Gasteiger partial charge in [-0.25, -0.2) is 4.39 Å². The van der Waals surface area contributed by atoms with Crippen molar-refractivity contribution in [3.8, 4) is 0 Å². The minimum absolute atomic E-state index is 0.0280. The SMILES string of the molecule is Cc1c(C(C)CC(=O)O)n(Cc2ccc(Cl)cc2)c2ccc(F)cc12. The Labute approximate surface area is 150 Å². The smallest absolute Gasteiger partial charge is 0.304 e. The molecule has 5 heteroatoms. The number of carboxylic acids is 1. The van der Waals surface area contributed by atoms with E-state index in [9.17, 15) is 14.3 Å². The molecule has 1 heterocycles. The summed E-state index contributed by atoms with van der Waals surface area (Å²) in [6, 6.07) is 12.2. The van der Waals surface area contributed by atoms with E-state index < -0.39 is 5.97 Å². The van der Waals surface area contributed by atoms with E-state index in [1.54, 1.807) is 6.07 Å². The number of hydrogen-bond donors (Lipinski definition) is 1. The fourth-order valence-electron chi connectivity index (χ4n) is 3.45. The molecule has 0 bridgehead atoms. The van der Waals surface area contributed by atoms with Gasteiger partial charge in [-0.05, 0) is 48.4 Å². The van der Waals surface area contributed by atoms with Crippen LogP contribution in [0.15, 0.2) is 42.5 Å². The second-order valence-electron chi connectivity index (χ2n) is 6.38. The first kappa shape index (κ1) is 17.5. The summed E-state index contributed by atoms with van der Waals surface area (Å²) < 4.78 is 15.8. The van der Waals surface area contributed by atoms with Gasteiger partial charge in [-0.3, -0.25) is 4.79 Å². The van der Waals surface area contributed by atoms with Gasteiger partial charge in [-0.2, -0.15) is 0 Å². The number of carboxylic acid groups (broad SMARTS) is 1. The first-order valence-electron chi connectivity index (χ1n) is 8.11. The van der Waals surface area contributed by atoms with E-state index in [4.69, 9.17) is 11.6 Å². The summed E-state index contributed by atoms with van der Waals surface area (Å²) in [6.45, 7) is 4.39. The predicted molar refractivity (Wildman–Crippen MR) is 97.9 cm³/mol. The van der Waals surface area contributed by atoms with Crippen LogP contribution < -0.4 is 0 Å². The van der Waals surface area contributed by atoms with Gasteiger partial charge in [0.15, 0.2) is 0 Å². The van der Waals surface area contributed by atoms with Crippen LogP contribution in [0.25, 0.3) is 10.9 Å². The Morgan fingerprint density at radius 3 is 2.56 bits per heavy atom. The van der Waals surface area contributed by atoms with Crippen LogP contribution in [0, 0.1) is 12.7 Å². The van der Waals surface area contributed by atoms with E-state index in [1.807, 2.05) is 38.1 Å². The first-order valence-corrected chi connectivity index (χ1v) is 8.49. The third-order valence-electron chi connectivity index (χ3n) is 4.53. The topological polar surface area (TPSA) is 42.2 Å². The molecule has 1 atom stereocenters. The molecule has 1 N–H and O–H groups in total. The van der Waals surface area contributed by atoms with Crippen molar-refractivity contribution < 1.29 is 14.3 Å². The lowest BCUT2D eigenvalue weighted by Gasteiger charge is -2.16. The summed E-state index contributed by atoms with van der Waals surface area (Å²) in [7, 11) is 0. The van der Waals surface area contributed by atoms with Gasteiger partial charge in [-0.1, -0.05) is 30.7 Å². The van der Waals surface area contributed by atoms with Crippen LogP contribution in [-0.2, 0) is 11.3 Å². The molecule has 1 aromatic heterocycles. The summed E-state index contributed by atoms with van der Waals surface area (Å²) in [5.41, 5.74) is 3.81. The first-order chi connectivity index (χ1) is 11.9.